The molecule has 0 saturated heterocycles. The second-order valence-electron chi connectivity index (χ2n) is 4.20. The van der Waals surface area contributed by atoms with Crippen LogP contribution in [0.5, 0.6) is 0 Å². The minimum atomic E-state index is -0.745. The van der Waals surface area contributed by atoms with Crippen molar-refractivity contribution in [2.24, 2.45) is 0 Å². The molecule has 4 nitrogen and oxygen atoms in total. The fraction of sp³-hybridized carbons (Fsp3) is 0.385. The Labute approximate surface area is 106 Å². The molecule has 0 saturated carbocycles. The van der Waals surface area contributed by atoms with Crippen LogP contribution < -0.4 is 10.6 Å². The fourth-order valence-electron chi connectivity index (χ4n) is 1.34. The van der Waals surface area contributed by atoms with Crippen LogP contribution in [0.1, 0.15) is 25.8 Å². The summed E-state index contributed by atoms with van der Waals surface area (Å²) in [4.78, 5) is 23.1. The van der Waals surface area contributed by atoms with Crippen LogP contribution >= 0.6 is 0 Å². The molecule has 0 aliphatic heterocycles. The van der Waals surface area contributed by atoms with Crippen molar-refractivity contribution in [1.29, 1.82) is 0 Å². The van der Waals surface area contributed by atoms with Gasteiger partial charge in [0.25, 0.3) is 0 Å². The van der Waals surface area contributed by atoms with E-state index in [1.807, 2.05) is 13.8 Å². The minimum absolute atomic E-state index is 0.0578. The third-order valence-electron chi connectivity index (χ3n) is 2.63. The van der Waals surface area contributed by atoms with Crippen LogP contribution in [0.2, 0.25) is 0 Å². The maximum Gasteiger partial charge on any atom is 0.313 e. The highest BCUT2D eigenvalue weighted by atomic mass is 19.1. The molecule has 1 atom stereocenters. The topological polar surface area (TPSA) is 58.2 Å². The Morgan fingerprint density at radius 2 is 2.00 bits per heavy atom. The number of nitrogens with one attached hydrogen (secondary N) is 2. The van der Waals surface area contributed by atoms with Crippen LogP contribution in [0.25, 0.3) is 0 Å². The number of hydrogen-bond donors (Lipinski definition) is 2. The molecule has 0 bridgehead atoms. The van der Waals surface area contributed by atoms with Crippen molar-refractivity contribution in [3.05, 3.63) is 29.6 Å². The summed E-state index contributed by atoms with van der Waals surface area (Å²) in [5, 5.41) is 5.00. The van der Waals surface area contributed by atoms with Crippen molar-refractivity contribution in [2.75, 3.05) is 5.32 Å². The van der Waals surface area contributed by atoms with Gasteiger partial charge in [0.2, 0.25) is 0 Å². The molecule has 0 spiro atoms. The second kappa shape index (κ2) is 6.14. The molecule has 0 aliphatic carbocycles. The lowest BCUT2D eigenvalue weighted by Crippen LogP contribution is -2.40. The molecule has 1 rings (SSSR count). The van der Waals surface area contributed by atoms with Gasteiger partial charge < -0.3 is 10.6 Å². The minimum Gasteiger partial charge on any atom is -0.345 e. The average molecular weight is 252 g/mol. The molecule has 0 fully saturated rings. The first-order valence-corrected chi connectivity index (χ1v) is 5.82. The third-order valence-corrected chi connectivity index (χ3v) is 2.63. The molecule has 0 heterocycles. The Balaban J connectivity index is 2.67. The normalized spacial score (nSPS) is 11.8. The standard InChI is InChI=1S/C13H17FN2O2/c1-4-9(3)15-12(17)13(18)16-11-6-5-10(14)7-8(11)2/h5-7,9H,4H2,1-3H3,(H,15,17)(H,16,18)/t9-/m1/s1. The summed E-state index contributed by atoms with van der Waals surface area (Å²) in [6.07, 6.45) is 0.745. The second-order valence-corrected chi connectivity index (χ2v) is 4.20. The van der Waals surface area contributed by atoms with Gasteiger partial charge in [-0.1, -0.05) is 6.92 Å². The maximum atomic E-state index is 12.9. The molecule has 0 aliphatic rings. The molecule has 1 aromatic carbocycles. The molecule has 2 amide bonds. The van der Waals surface area contributed by atoms with E-state index in [1.165, 1.54) is 18.2 Å². The number of hydrogen-bond acceptors (Lipinski definition) is 2. The SMILES string of the molecule is CC[C@@H](C)NC(=O)C(=O)Nc1ccc(F)cc1C. The van der Waals surface area contributed by atoms with Gasteiger partial charge in [-0.05, 0) is 44.0 Å². The third kappa shape index (κ3) is 3.84. The zero-order chi connectivity index (χ0) is 13.7. The summed E-state index contributed by atoms with van der Waals surface area (Å²) in [6.45, 7) is 5.38. The van der Waals surface area contributed by atoms with E-state index in [0.717, 1.165) is 6.42 Å². The van der Waals surface area contributed by atoms with Gasteiger partial charge in [-0.15, -0.1) is 0 Å². The van der Waals surface area contributed by atoms with E-state index in [9.17, 15) is 14.0 Å². The van der Waals surface area contributed by atoms with Gasteiger partial charge >= 0.3 is 11.8 Å². The first kappa shape index (κ1) is 14.2. The number of anilines is 1. The van der Waals surface area contributed by atoms with Gasteiger partial charge in [-0.25, -0.2) is 4.39 Å². The van der Waals surface area contributed by atoms with Crippen molar-refractivity contribution < 1.29 is 14.0 Å². The van der Waals surface area contributed by atoms with Crippen LogP contribution in [0.3, 0.4) is 0 Å². The number of amides is 2. The molecule has 0 unspecified atom stereocenters. The summed E-state index contributed by atoms with van der Waals surface area (Å²) in [5.41, 5.74) is 1.00. The van der Waals surface area contributed by atoms with Crippen LogP contribution in [-0.2, 0) is 9.59 Å². The molecule has 18 heavy (non-hydrogen) atoms. The zero-order valence-electron chi connectivity index (χ0n) is 10.7. The van der Waals surface area contributed by atoms with E-state index in [4.69, 9.17) is 0 Å². The van der Waals surface area contributed by atoms with Crippen molar-refractivity contribution in [3.63, 3.8) is 0 Å². The van der Waals surface area contributed by atoms with Gasteiger partial charge in [-0.2, -0.15) is 0 Å². The number of rotatable bonds is 3. The van der Waals surface area contributed by atoms with E-state index in [-0.39, 0.29) is 11.9 Å². The van der Waals surface area contributed by atoms with Crippen molar-refractivity contribution in [1.82, 2.24) is 5.32 Å². The van der Waals surface area contributed by atoms with Crippen LogP contribution in [-0.4, -0.2) is 17.9 Å². The smallest absolute Gasteiger partial charge is 0.313 e. The predicted octanol–water partition coefficient (Wildman–Crippen LogP) is 1.99. The van der Waals surface area contributed by atoms with Crippen molar-refractivity contribution in [2.45, 2.75) is 33.2 Å². The Kier molecular flexibility index (Phi) is 4.83. The molecule has 98 valence electrons. The summed E-state index contributed by atoms with van der Waals surface area (Å²) >= 11 is 0. The lowest BCUT2D eigenvalue weighted by Gasteiger charge is -2.12. The van der Waals surface area contributed by atoms with Crippen LogP contribution in [0.15, 0.2) is 18.2 Å². The molecule has 1 aromatic rings. The first-order valence-electron chi connectivity index (χ1n) is 5.82. The lowest BCUT2D eigenvalue weighted by atomic mass is 10.2. The fourth-order valence-corrected chi connectivity index (χ4v) is 1.34. The summed E-state index contributed by atoms with van der Waals surface area (Å²) < 4.78 is 12.9. The van der Waals surface area contributed by atoms with Gasteiger partial charge in [0.15, 0.2) is 0 Å². The van der Waals surface area contributed by atoms with E-state index in [0.29, 0.717) is 11.3 Å². The van der Waals surface area contributed by atoms with Gasteiger partial charge in [0, 0.05) is 11.7 Å². The van der Waals surface area contributed by atoms with Gasteiger partial charge in [0.1, 0.15) is 5.82 Å². The van der Waals surface area contributed by atoms with Crippen molar-refractivity contribution >= 4 is 17.5 Å². The molecule has 0 radical (unpaired) electrons. The Morgan fingerprint density at radius 3 is 2.56 bits per heavy atom. The monoisotopic (exact) mass is 252 g/mol. The first-order chi connectivity index (χ1) is 8.43. The highest BCUT2D eigenvalue weighted by Gasteiger charge is 2.16. The molecule has 2 N–H and O–H groups in total. The highest BCUT2D eigenvalue weighted by Crippen LogP contribution is 2.15. The lowest BCUT2D eigenvalue weighted by molar-refractivity contribution is -0.136. The van der Waals surface area contributed by atoms with Crippen LogP contribution in [0.4, 0.5) is 10.1 Å². The van der Waals surface area contributed by atoms with E-state index in [2.05, 4.69) is 10.6 Å². The predicted molar refractivity (Wildman–Crippen MR) is 67.7 cm³/mol. The molecular weight excluding hydrogens is 235 g/mol. The maximum absolute atomic E-state index is 12.9. The largest absolute Gasteiger partial charge is 0.345 e. The molecular formula is C13H17FN2O2. The zero-order valence-corrected chi connectivity index (χ0v) is 10.7. The number of halogens is 1. The summed E-state index contributed by atoms with van der Waals surface area (Å²) in [5.74, 6) is -1.81. The molecule has 0 aromatic heterocycles. The van der Waals surface area contributed by atoms with Crippen molar-refractivity contribution in [3.8, 4) is 0 Å². The quantitative estimate of drug-likeness (QED) is 0.808. The number of carbonyl (C=O) groups is 2. The number of carbonyl (C=O) groups excluding carboxylic acids is 2. The number of aryl methyl sites for hydroxylation is 1. The van der Waals surface area contributed by atoms with Gasteiger partial charge in [-0.3, -0.25) is 9.59 Å². The molecule has 5 heteroatoms. The Bertz CT molecular complexity index is 460. The van der Waals surface area contributed by atoms with E-state index >= 15 is 0 Å². The average Bonchev–Trinajstić information content (AvgIpc) is 2.32. The van der Waals surface area contributed by atoms with E-state index in [1.54, 1.807) is 6.92 Å². The van der Waals surface area contributed by atoms with Crippen LogP contribution in [0, 0.1) is 12.7 Å². The Hall–Kier alpha value is -1.91. The highest BCUT2D eigenvalue weighted by molar-refractivity contribution is 6.39. The van der Waals surface area contributed by atoms with Gasteiger partial charge in [0.05, 0.1) is 0 Å². The summed E-state index contributed by atoms with van der Waals surface area (Å²) in [7, 11) is 0. The van der Waals surface area contributed by atoms with E-state index < -0.39 is 11.8 Å². The number of benzene rings is 1. The Morgan fingerprint density at radius 1 is 1.33 bits per heavy atom. The summed E-state index contributed by atoms with van der Waals surface area (Å²) in [6, 6.07) is 3.90.